The van der Waals surface area contributed by atoms with Gasteiger partial charge in [0.05, 0.1) is 23.8 Å². The van der Waals surface area contributed by atoms with E-state index in [1.54, 1.807) is 12.1 Å². The summed E-state index contributed by atoms with van der Waals surface area (Å²) in [6, 6.07) is 12.0. The SMILES string of the molecule is Cc1ccc(C(CC(=O)O)NC(=O)c2ccc(N3CCCN(C(=O)C4CC4)CC3)c(NC(=O)C3CC3)c2)cc1. The molecule has 3 aliphatic rings. The zero-order valence-electron chi connectivity index (χ0n) is 22.3. The number of benzene rings is 2. The van der Waals surface area contributed by atoms with Crippen molar-refractivity contribution in [1.82, 2.24) is 10.2 Å². The van der Waals surface area contributed by atoms with Gasteiger partial charge in [0.25, 0.3) is 5.91 Å². The number of hydrogen-bond acceptors (Lipinski definition) is 5. The predicted octanol–water partition coefficient (Wildman–Crippen LogP) is 3.74. The van der Waals surface area contributed by atoms with Crippen molar-refractivity contribution in [1.29, 1.82) is 0 Å². The molecule has 2 aromatic rings. The Hall–Kier alpha value is -3.88. The van der Waals surface area contributed by atoms with Crippen molar-refractivity contribution in [2.45, 2.75) is 51.5 Å². The summed E-state index contributed by atoms with van der Waals surface area (Å²) in [4.78, 5) is 54.3. The van der Waals surface area contributed by atoms with E-state index in [2.05, 4.69) is 15.5 Å². The fourth-order valence-corrected chi connectivity index (χ4v) is 5.07. The van der Waals surface area contributed by atoms with Crippen molar-refractivity contribution < 1.29 is 24.3 Å². The number of anilines is 2. The Balaban J connectivity index is 1.36. The molecule has 1 atom stereocenters. The molecule has 1 heterocycles. The standard InChI is InChI=1S/C30H36N4O5/c1-19-3-5-20(6-4-19)24(18-27(35)36)31-29(38)23-11-12-26(25(17-23)32-28(37)21-7-8-21)33-13-2-14-34(16-15-33)30(39)22-9-10-22/h3-6,11-12,17,21-22,24H,2,7-10,13-16,18H2,1H3,(H,31,38)(H,32,37)(H,35,36). The minimum Gasteiger partial charge on any atom is -0.481 e. The van der Waals surface area contributed by atoms with Crippen LogP contribution < -0.4 is 15.5 Å². The van der Waals surface area contributed by atoms with Gasteiger partial charge in [0.15, 0.2) is 0 Å². The third kappa shape index (κ3) is 6.77. The van der Waals surface area contributed by atoms with E-state index >= 15 is 0 Å². The van der Waals surface area contributed by atoms with E-state index in [1.165, 1.54) is 0 Å². The van der Waals surface area contributed by atoms with Gasteiger partial charge in [-0.3, -0.25) is 19.2 Å². The summed E-state index contributed by atoms with van der Waals surface area (Å²) in [5.41, 5.74) is 3.48. The van der Waals surface area contributed by atoms with Crippen LogP contribution >= 0.6 is 0 Å². The zero-order valence-corrected chi connectivity index (χ0v) is 22.3. The zero-order chi connectivity index (χ0) is 27.5. The van der Waals surface area contributed by atoms with Crippen molar-refractivity contribution in [3.63, 3.8) is 0 Å². The monoisotopic (exact) mass is 532 g/mol. The summed E-state index contributed by atoms with van der Waals surface area (Å²) < 4.78 is 0. The maximum absolute atomic E-state index is 13.3. The number of carbonyl (C=O) groups excluding carboxylic acids is 3. The molecule has 2 aromatic carbocycles. The van der Waals surface area contributed by atoms with Gasteiger partial charge in [0, 0.05) is 43.6 Å². The van der Waals surface area contributed by atoms with E-state index in [0.717, 1.165) is 56.4 Å². The van der Waals surface area contributed by atoms with E-state index in [9.17, 15) is 24.3 Å². The van der Waals surface area contributed by atoms with Crippen molar-refractivity contribution >= 4 is 35.1 Å². The van der Waals surface area contributed by atoms with Gasteiger partial charge in [-0.25, -0.2) is 0 Å². The van der Waals surface area contributed by atoms with Crippen molar-refractivity contribution in [3.05, 3.63) is 59.2 Å². The predicted molar refractivity (Wildman–Crippen MR) is 148 cm³/mol. The largest absolute Gasteiger partial charge is 0.481 e. The highest BCUT2D eigenvalue weighted by Gasteiger charge is 2.34. The van der Waals surface area contributed by atoms with E-state index in [1.807, 2.05) is 42.2 Å². The molecular weight excluding hydrogens is 496 g/mol. The van der Waals surface area contributed by atoms with Crippen LogP contribution in [0.4, 0.5) is 11.4 Å². The molecule has 3 amide bonds. The Morgan fingerprint density at radius 1 is 0.923 bits per heavy atom. The Labute approximate surface area is 228 Å². The number of amides is 3. The number of carbonyl (C=O) groups is 4. The van der Waals surface area contributed by atoms with Gasteiger partial charge in [-0.05, 0) is 62.8 Å². The molecule has 39 heavy (non-hydrogen) atoms. The summed E-state index contributed by atoms with van der Waals surface area (Å²) in [7, 11) is 0. The third-order valence-electron chi connectivity index (χ3n) is 7.70. The fraction of sp³-hybridized carbons (Fsp3) is 0.467. The first-order chi connectivity index (χ1) is 18.8. The van der Waals surface area contributed by atoms with E-state index in [-0.39, 0.29) is 30.1 Å². The van der Waals surface area contributed by atoms with Crippen molar-refractivity contribution in [3.8, 4) is 0 Å². The molecule has 206 valence electrons. The van der Waals surface area contributed by atoms with Crippen LogP contribution in [0.25, 0.3) is 0 Å². The van der Waals surface area contributed by atoms with Gasteiger partial charge in [-0.2, -0.15) is 0 Å². The van der Waals surface area contributed by atoms with Crippen LogP contribution in [0, 0.1) is 18.8 Å². The molecule has 2 saturated carbocycles. The second kappa shape index (κ2) is 11.5. The fourth-order valence-electron chi connectivity index (χ4n) is 5.07. The first-order valence-corrected chi connectivity index (χ1v) is 13.9. The molecule has 5 rings (SSSR count). The topological polar surface area (TPSA) is 119 Å². The summed E-state index contributed by atoms with van der Waals surface area (Å²) in [6.07, 6.45) is 4.26. The van der Waals surface area contributed by atoms with Gasteiger partial charge in [0.1, 0.15) is 0 Å². The Bertz CT molecular complexity index is 1250. The second-order valence-electron chi connectivity index (χ2n) is 11.0. The maximum Gasteiger partial charge on any atom is 0.305 e. The molecule has 1 saturated heterocycles. The molecule has 1 unspecified atom stereocenters. The Kier molecular flexibility index (Phi) is 7.86. The van der Waals surface area contributed by atoms with Crippen LogP contribution in [-0.4, -0.2) is 59.9 Å². The number of hydrogen-bond donors (Lipinski definition) is 3. The quantitative estimate of drug-likeness (QED) is 0.453. The molecule has 0 radical (unpaired) electrons. The number of aryl methyl sites for hydroxylation is 1. The maximum atomic E-state index is 13.3. The molecule has 1 aliphatic heterocycles. The highest BCUT2D eigenvalue weighted by molar-refractivity contribution is 6.01. The highest BCUT2D eigenvalue weighted by atomic mass is 16.4. The number of nitrogens with one attached hydrogen (secondary N) is 2. The van der Waals surface area contributed by atoms with Crippen LogP contribution in [0.2, 0.25) is 0 Å². The highest BCUT2D eigenvalue weighted by Crippen LogP contribution is 2.35. The van der Waals surface area contributed by atoms with Gasteiger partial charge in [0.2, 0.25) is 11.8 Å². The second-order valence-corrected chi connectivity index (χ2v) is 11.0. The van der Waals surface area contributed by atoms with Crippen molar-refractivity contribution in [2.75, 3.05) is 36.4 Å². The number of nitrogens with zero attached hydrogens (tertiary/aromatic N) is 2. The van der Waals surface area contributed by atoms with Crippen molar-refractivity contribution in [2.24, 2.45) is 11.8 Å². The van der Waals surface area contributed by atoms with Crippen LogP contribution in [0.3, 0.4) is 0 Å². The van der Waals surface area contributed by atoms with Crippen LogP contribution in [0.5, 0.6) is 0 Å². The van der Waals surface area contributed by atoms with Crippen LogP contribution in [-0.2, 0) is 14.4 Å². The average Bonchev–Trinajstić information content (AvgIpc) is 3.80. The summed E-state index contributed by atoms with van der Waals surface area (Å²) in [5, 5.41) is 15.4. The summed E-state index contributed by atoms with van der Waals surface area (Å²) >= 11 is 0. The number of carboxylic acids is 1. The lowest BCUT2D eigenvalue weighted by Crippen LogP contribution is -2.36. The molecular formula is C30H36N4O5. The first kappa shape index (κ1) is 26.7. The smallest absolute Gasteiger partial charge is 0.305 e. The minimum absolute atomic E-state index is 0.00685. The molecule has 0 aromatic heterocycles. The van der Waals surface area contributed by atoms with Crippen LogP contribution in [0.15, 0.2) is 42.5 Å². The van der Waals surface area contributed by atoms with Gasteiger partial charge >= 0.3 is 5.97 Å². The lowest BCUT2D eigenvalue weighted by molar-refractivity contribution is -0.137. The molecule has 3 fully saturated rings. The molecule has 0 bridgehead atoms. The van der Waals surface area contributed by atoms with E-state index in [4.69, 9.17) is 0 Å². The number of aliphatic carboxylic acids is 1. The molecule has 0 spiro atoms. The molecule has 9 heteroatoms. The van der Waals surface area contributed by atoms with E-state index < -0.39 is 17.9 Å². The van der Waals surface area contributed by atoms with Crippen LogP contribution in [0.1, 0.15) is 66.1 Å². The molecule has 9 nitrogen and oxygen atoms in total. The molecule has 3 N–H and O–H groups in total. The molecule has 2 aliphatic carbocycles. The lowest BCUT2D eigenvalue weighted by atomic mass is 10.0. The number of carboxylic acid groups (broad SMARTS) is 1. The summed E-state index contributed by atoms with van der Waals surface area (Å²) in [6.45, 7) is 4.67. The minimum atomic E-state index is -1.01. The van der Waals surface area contributed by atoms with Gasteiger partial charge in [-0.1, -0.05) is 29.8 Å². The summed E-state index contributed by atoms with van der Waals surface area (Å²) in [5.74, 6) is -1.05. The van der Waals surface area contributed by atoms with Gasteiger partial charge < -0.3 is 25.5 Å². The Morgan fingerprint density at radius 3 is 2.31 bits per heavy atom. The first-order valence-electron chi connectivity index (χ1n) is 13.9. The third-order valence-corrected chi connectivity index (χ3v) is 7.70. The normalized spacial score (nSPS) is 18.2. The van der Waals surface area contributed by atoms with E-state index in [0.29, 0.717) is 29.9 Å². The lowest BCUT2D eigenvalue weighted by Gasteiger charge is -2.27. The average molecular weight is 533 g/mol. The van der Waals surface area contributed by atoms with Gasteiger partial charge in [-0.15, -0.1) is 0 Å². The Morgan fingerprint density at radius 2 is 1.64 bits per heavy atom. The number of rotatable bonds is 9.